The number of benzene rings is 5. The van der Waals surface area contributed by atoms with Gasteiger partial charge in [-0.1, -0.05) is 31.5 Å². The highest BCUT2D eigenvalue weighted by molar-refractivity contribution is 7.20. The Labute approximate surface area is 321 Å². The molecule has 0 unspecified atom stereocenters. The van der Waals surface area contributed by atoms with Crippen LogP contribution in [0.15, 0.2) is 42.7 Å². The standard InChI is InChI=1S/C24BF20.C13H16NO/c26-5-1(6(27)14(35)21(42)13(5)34)25(2-7(28)15(36)22(43)16(37)8(2)29,3-9(30)17(38)23(44)18(39)10(3)31)4-11(32)19(40)24(45)20(41)12(4)33;1-2-3-10-15-14-9-8-12-6-4-5-7-13(12)11-14/h;4-9,11H,2-3,10H2,1H3/q-1;+1. The number of aromatic nitrogens is 1. The van der Waals surface area contributed by atoms with Crippen molar-refractivity contribution < 1.29 is 97.4 Å². The molecule has 1 heterocycles. The van der Waals surface area contributed by atoms with Crippen molar-refractivity contribution in [2.45, 2.75) is 19.8 Å². The van der Waals surface area contributed by atoms with Crippen LogP contribution in [0.5, 0.6) is 0 Å². The van der Waals surface area contributed by atoms with Gasteiger partial charge in [0.2, 0.25) is 12.4 Å². The second kappa shape index (κ2) is 16.9. The summed E-state index contributed by atoms with van der Waals surface area (Å²) in [4.78, 5) is 5.57. The summed E-state index contributed by atoms with van der Waals surface area (Å²) in [6, 6.07) is 10.4. The minimum absolute atomic E-state index is 0.777. The smallest absolute Gasteiger partial charge is 0.230 e. The fraction of sp³-hybridized carbons (Fsp3) is 0.108. The first-order chi connectivity index (χ1) is 28.1. The number of fused-ring (bicyclic) bond motifs is 1. The van der Waals surface area contributed by atoms with E-state index in [-0.39, 0.29) is 0 Å². The van der Waals surface area contributed by atoms with E-state index in [0.29, 0.717) is 0 Å². The van der Waals surface area contributed by atoms with Gasteiger partial charge in [0.25, 0.3) is 0 Å². The lowest BCUT2D eigenvalue weighted by Gasteiger charge is -2.44. The average Bonchev–Trinajstić information content (AvgIpc) is 3.23. The molecular formula is C37H16BF20NO. The van der Waals surface area contributed by atoms with E-state index >= 15 is 35.1 Å². The highest BCUT2D eigenvalue weighted by Crippen LogP contribution is 2.30. The summed E-state index contributed by atoms with van der Waals surface area (Å²) in [5.74, 6) is -71.4. The highest BCUT2D eigenvalue weighted by Gasteiger charge is 2.52. The molecule has 0 radical (unpaired) electrons. The van der Waals surface area contributed by atoms with Gasteiger partial charge in [-0.25, -0.2) is 87.8 Å². The molecule has 0 aliphatic carbocycles. The van der Waals surface area contributed by atoms with E-state index in [2.05, 4.69) is 25.1 Å². The van der Waals surface area contributed by atoms with Crippen molar-refractivity contribution in [3.05, 3.63) is 159 Å². The second-order valence-electron chi connectivity index (χ2n) is 12.4. The van der Waals surface area contributed by atoms with E-state index in [1.54, 1.807) is 4.73 Å². The van der Waals surface area contributed by atoms with Crippen molar-refractivity contribution in [2.24, 2.45) is 0 Å². The number of nitrogens with zero attached hydrogens (tertiary/aromatic N) is 1. The molecule has 0 atom stereocenters. The van der Waals surface area contributed by atoms with Crippen molar-refractivity contribution in [3.63, 3.8) is 0 Å². The van der Waals surface area contributed by atoms with Crippen LogP contribution >= 0.6 is 0 Å². The third kappa shape index (κ3) is 6.99. The van der Waals surface area contributed by atoms with Gasteiger partial charge in [-0.2, -0.15) is 0 Å². The molecule has 318 valence electrons. The zero-order valence-electron chi connectivity index (χ0n) is 29.2. The number of hydrogen-bond acceptors (Lipinski definition) is 1. The van der Waals surface area contributed by atoms with E-state index in [1.807, 2.05) is 24.5 Å². The van der Waals surface area contributed by atoms with Gasteiger partial charge in [0.15, 0.2) is 76.4 Å². The predicted molar refractivity (Wildman–Crippen MR) is 170 cm³/mol. The van der Waals surface area contributed by atoms with Crippen LogP contribution in [0.25, 0.3) is 10.8 Å². The first-order valence-corrected chi connectivity index (χ1v) is 16.4. The minimum Gasteiger partial charge on any atom is -0.271 e. The maximum Gasteiger partial charge on any atom is 0.230 e. The minimum atomic E-state index is -7.22. The highest BCUT2D eigenvalue weighted by atomic mass is 19.2. The Morgan fingerprint density at radius 2 is 0.650 bits per heavy atom. The van der Waals surface area contributed by atoms with Crippen LogP contribution in [0.1, 0.15) is 19.8 Å². The van der Waals surface area contributed by atoms with Crippen LogP contribution in [0, 0.1) is 116 Å². The molecular weight excluding hydrogens is 865 g/mol. The van der Waals surface area contributed by atoms with Gasteiger partial charge in [-0.05, 0) is 17.9 Å². The topological polar surface area (TPSA) is 13.1 Å². The van der Waals surface area contributed by atoms with Crippen molar-refractivity contribution in [1.82, 2.24) is 0 Å². The average molecular weight is 881 g/mol. The number of halogens is 20. The molecule has 0 fully saturated rings. The van der Waals surface area contributed by atoms with Crippen LogP contribution in [0.2, 0.25) is 0 Å². The predicted octanol–water partition coefficient (Wildman–Crippen LogP) is 8.20. The monoisotopic (exact) mass is 881 g/mol. The van der Waals surface area contributed by atoms with Gasteiger partial charge < -0.3 is 0 Å². The van der Waals surface area contributed by atoms with Gasteiger partial charge >= 0.3 is 0 Å². The summed E-state index contributed by atoms with van der Waals surface area (Å²) in [5.41, 5.74) is -14.3. The summed E-state index contributed by atoms with van der Waals surface area (Å²) in [6.45, 7) is 2.94. The normalized spacial score (nSPS) is 11.6. The first-order valence-electron chi connectivity index (χ1n) is 16.4. The fourth-order valence-electron chi connectivity index (χ4n) is 6.38. The molecule has 6 rings (SSSR count). The first kappa shape index (κ1) is 45.1. The third-order valence-electron chi connectivity index (χ3n) is 9.11. The summed E-state index contributed by atoms with van der Waals surface area (Å²) >= 11 is 0. The Hall–Kier alpha value is -6.03. The van der Waals surface area contributed by atoms with Gasteiger partial charge in [-0.15, -0.1) is 21.9 Å². The molecule has 60 heavy (non-hydrogen) atoms. The quantitative estimate of drug-likeness (QED) is 0.0376. The zero-order valence-corrected chi connectivity index (χ0v) is 29.2. The van der Waals surface area contributed by atoms with Crippen LogP contribution < -0.4 is 31.4 Å². The van der Waals surface area contributed by atoms with Crippen LogP contribution in [-0.2, 0) is 0 Å². The van der Waals surface area contributed by atoms with E-state index in [4.69, 9.17) is 4.84 Å². The molecule has 2 nitrogen and oxygen atoms in total. The molecule has 0 amide bonds. The van der Waals surface area contributed by atoms with Crippen molar-refractivity contribution in [1.29, 1.82) is 0 Å². The SMILES string of the molecule is CCCCO[n+]1ccc2ccccc2c1.Fc1c(F)c(F)c([B-](c2c(F)c(F)c(F)c(F)c2F)(c2c(F)c(F)c(F)c(F)c2F)c2c(F)c(F)c(F)c(F)c2F)c(F)c1F. The van der Waals surface area contributed by atoms with Gasteiger partial charge in [0, 0.05) is 10.8 Å². The fourth-order valence-corrected chi connectivity index (χ4v) is 6.38. The lowest BCUT2D eigenvalue weighted by Crippen LogP contribution is -2.81. The molecule has 23 heteroatoms. The van der Waals surface area contributed by atoms with E-state index in [1.165, 1.54) is 10.8 Å². The molecule has 0 aliphatic heterocycles. The zero-order chi connectivity index (χ0) is 44.9. The van der Waals surface area contributed by atoms with Gasteiger partial charge in [0.05, 0.1) is 5.39 Å². The largest absolute Gasteiger partial charge is 0.271 e. The van der Waals surface area contributed by atoms with Crippen molar-refractivity contribution in [3.8, 4) is 0 Å². The van der Waals surface area contributed by atoms with Gasteiger partial charge in [0.1, 0.15) is 52.7 Å². The molecule has 0 saturated carbocycles. The van der Waals surface area contributed by atoms with Gasteiger partial charge in [-0.3, -0.25) is 4.84 Å². The maximum absolute atomic E-state index is 15.4. The number of hydrogen-bond donors (Lipinski definition) is 0. The number of unbranched alkanes of at least 4 members (excludes halogenated alkanes) is 1. The van der Waals surface area contributed by atoms with E-state index in [9.17, 15) is 52.7 Å². The summed E-state index contributed by atoms with van der Waals surface area (Å²) in [6.07, 6.45) is -0.984. The van der Waals surface area contributed by atoms with Crippen molar-refractivity contribution >= 4 is 38.8 Å². The summed E-state index contributed by atoms with van der Waals surface area (Å²) < 4.78 is 296. The molecule has 6 aromatic rings. The molecule has 0 saturated heterocycles. The Balaban J connectivity index is 0.000000379. The molecule has 5 aromatic carbocycles. The van der Waals surface area contributed by atoms with E-state index < -0.39 is 144 Å². The lowest BCUT2D eigenvalue weighted by molar-refractivity contribution is -0.890. The molecule has 1 aromatic heterocycles. The number of pyridine rings is 1. The summed E-state index contributed by atoms with van der Waals surface area (Å²) in [5, 5.41) is 2.45. The summed E-state index contributed by atoms with van der Waals surface area (Å²) in [7, 11) is 0. The molecule has 0 bridgehead atoms. The maximum atomic E-state index is 15.4. The Kier molecular flexibility index (Phi) is 12.7. The Morgan fingerprint density at radius 1 is 0.383 bits per heavy atom. The van der Waals surface area contributed by atoms with Crippen LogP contribution in [0.4, 0.5) is 87.8 Å². The lowest BCUT2D eigenvalue weighted by atomic mass is 9.12. The van der Waals surface area contributed by atoms with E-state index in [0.717, 1.165) is 19.4 Å². The second-order valence-corrected chi connectivity index (χ2v) is 12.4. The third-order valence-corrected chi connectivity index (χ3v) is 9.11. The molecule has 0 spiro atoms. The molecule has 0 N–H and O–H groups in total. The van der Waals surface area contributed by atoms with Crippen molar-refractivity contribution in [2.75, 3.05) is 6.61 Å². The van der Waals surface area contributed by atoms with Crippen LogP contribution in [-0.4, -0.2) is 12.8 Å². The van der Waals surface area contributed by atoms with Crippen LogP contribution in [0.3, 0.4) is 0 Å². The number of rotatable bonds is 8. The Morgan fingerprint density at radius 3 is 0.933 bits per heavy atom. The Bertz CT molecular complexity index is 2310. The molecule has 0 aliphatic rings.